The van der Waals surface area contributed by atoms with Crippen LogP contribution < -0.4 is 0 Å². The topological polar surface area (TPSA) is 53.3 Å². The van der Waals surface area contributed by atoms with Gasteiger partial charge in [0.2, 0.25) is 5.91 Å². The van der Waals surface area contributed by atoms with Crippen molar-refractivity contribution in [3.8, 4) is 6.07 Å². The largest absolute Gasteiger partial charge is 0.377 e. The Bertz CT molecular complexity index is 259. The number of likely N-dealkylation sites (tertiary alicyclic amines) is 1. The van der Waals surface area contributed by atoms with Gasteiger partial charge in [0.25, 0.3) is 0 Å². The molecule has 0 unspecified atom stereocenters. The maximum Gasteiger partial charge on any atom is 0.247 e. The molecule has 2 rings (SSSR count). The molecule has 0 aliphatic carbocycles. The van der Waals surface area contributed by atoms with E-state index in [9.17, 15) is 4.79 Å². The summed E-state index contributed by atoms with van der Waals surface area (Å²) >= 11 is 0. The van der Waals surface area contributed by atoms with Gasteiger partial charge < -0.3 is 9.64 Å². The molecule has 0 aromatic rings. The fourth-order valence-corrected chi connectivity index (χ4v) is 1.76. The molecule has 0 bridgehead atoms. The van der Waals surface area contributed by atoms with Crippen molar-refractivity contribution in [2.24, 2.45) is 5.41 Å². The van der Waals surface area contributed by atoms with Crippen LogP contribution in [0.15, 0.2) is 0 Å². The van der Waals surface area contributed by atoms with Crippen molar-refractivity contribution in [2.45, 2.75) is 12.8 Å². The van der Waals surface area contributed by atoms with Crippen molar-refractivity contribution < 1.29 is 9.53 Å². The molecule has 0 N–H and O–H groups in total. The number of hydrogen-bond donors (Lipinski definition) is 0. The number of ether oxygens (including phenoxy) is 1. The van der Waals surface area contributed by atoms with E-state index in [1.54, 1.807) is 4.90 Å². The number of rotatable bonds is 1. The Morgan fingerprint density at radius 2 is 2.00 bits per heavy atom. The summed E-state index contributed by atoms with van der Waals surface area (Å²) in [6, 6.07) is 2.08. The molecule has 0 radical (unpaired) electrons. The number of amides is 1. The van der Waals surface area contributed by atoms with Crippen LogP contribution in [0.4, 0.5) is 0 Å². The first kappa shape index (κ1) is 8.52. The molecule has 4 heteroatoms. The van der Waals surface area contributed by atoms with Crippen LogP contribution in [-0.4, -0.2) is 37.1 Å². The standard InChI is InChI=1S/C9H12N2O2/c10-5-9(6-13-7-9)8(12)11-3-1-2-4-11/h1-4,6-7H2. The van der Waals surface area contributed by atoms with Crippen LogP contribution in [-0.2, 0) is 9.53 Å². The smallest absolute Gasteiger partial charge is 0.247 e. The predicted molar refractivity (Wildman–Crippen MR) is 44.7 cm³/mol. The van der Waals surface area contributed by atoms with Gasteiger partial charge in [-0.15, -0.1) is 0 Å². The molecule has 70 valence electrons. The number of hydrogen-bond acceptors (Lipinski definition) is 3. The molecule has 1 amide bonds. The average molecular weight is 180 g/mol. The lowest BCUT2D eigenvalue weighted by Crippen LogP contribution is -2.53. The molecular weight excluding hydrogens is 168 g/mol. The summed E-state index contributed by atoms with van der Waals surface area (Å²) in [5.41, 5.74) is -0.843. The second-order valence-corrected chi connectivity index (χ2v) is 3.69. The van der Waals surface area contributed by atoms with Crippen LogP contribution >= 0.6 is 0 Å². The van der Waals surface area contributed by atoms with Gasteiger partial charge in [-0.3, -0.25) is 4.79 Å². The van der Waals surface area contributed by atoms with Crippen molar-refractivity contribution in [3.05, 3.63) is 0 Å². The Morgan fingerprint density at radius 1 is 1.38 bits per heavy atom. The molecule has 2 heterocycles. The quantitative estimate of drug-likeness (QED) is 0.577. The van der Waals surface area contributed by atoms with Gasteiger partial charge in [0, 0.05) is 13.1 Å². The van der Waals surface area contributed by atoms with Crippen molar-refractivity contribution in [2.75, 3.05) is 26.3 Å². The van der Waals surface area contributed by atoms with Gasteiger partial charge in [0.1, 0.15) is 0 Å². The van der Waals surface area contributed by atoms with E-state index < -0.39 is 5.41 Å². The Kier molecular flexibility index (Phi) is 1.97. The van der Waals surface area contributed by atoms with Crippen LogP contribution in [0.2, 0.25) is 0 Å². The van der Waals surface area contributed by atoms with Gasteiger partial charge in [-0.05, 0) is 12.8 Å². The lowest BCUT2D eigenvalue weighted by Gasteiger charge is -2.36. The first-order chi connectivity index (χ1) is 6.28. The second-order valence-electron chi connectivity index (χ2n) is 3.69. The Labute approximate surface area is 77.1 Å². The zero-order valence-electron chi connectivity index (χ0n) is 7.45. The molecule has 2 saturated heterocycles. The fraction of sp³-hybridized carbons (Fsp3) is 0.778. The normalized spacial score (nSPS) is 25.0. The average Bonchev–Trinajstić information content (AvgIpc) is 2.54. The highest BCUT2D eigenvalue weighted by atomic mass is 16.5. The van der Waals surface area contributed by atoms with E-state index in [-0.39, 0.29) is 19.1 Å². The van der Waals surface area contributed by atoms with E-state index in [2.05, 4.69) is 6.07 Å². The van der Waals surface area contributed by atoms with Crippen molar-refractivity contribution in [1.29, 1.82) is 5.26 Å². The highest BCUT2D eigenvalue weighted by molar-refractivity contribution is 5.86. The molecule has 0 atom stereocenters. The van der Waals surface area contributed by atoms with Crippen LogP contribution in [0, 0.1) is 16.7 Å². The van der Waals surface area contributed by atoms with Gasteiger partial charge in [-0.1, -0.05) is 0 Å². The Balaban J connectivity index is 2.07. The van der Waals surface area contributed by atoms with Crippen LogP contribution in [0.1, 0.15) is 12.8 Å². The minimum Gasteiger partial charge on any atom is -0.377 e. The first-order valence-corrected chi connectivity index (χ1v) is 4.57. The Hall–Kier alpha value is -1.08. The third-order valence-corrected chi connectivity index (χ3v) is 2.71. The van der Waals surface area contributed by atoms with Gasteiger partial charge in [-0.2, -0.15) is 5.26 Å². The van der Waals surface area contributed by atoms with E-state index in [4.69, 9.17) is 10.00 Å². The minimum absolute atomic E-state index is 0.0289. The van der Waals surface area contributed by atoms with Crippen molar-refractivity contribution in [3.63, 3.8) is 0 Å². The molecule has 0 aromatic heterocycles. The predicted octanol–water partition coefficient (Wildman–Crippen LogP) is 0.149. The summed E-state index contributed by atoms with van der Waals surface area (Å²) in [5, 5.41) is 8.89. The summed E-state index contributed by atoms with van der Waals surface area (Å²) < 4.78 is 4.94. The van der Waals surface area contributed by atoms with Crippen molar-refractivity contribution in [1.82, 2.24) is 4.90 Å². The molecule has 13 heavy (non-hydrogen) atoms. The molecular formula is C9H12N2O2. The van der Waals surface area contributed by atoms with E-state index in [0.29, 0.717) is 0 Å². The number of carbonyl (C=O) groups is 1. The number of carbonyl (C=O) groups excluding carboxylic acids is 1. The first-order valence-electron chi connectivity index (χ1n) is 4.57. The molecule has 2 fully saturated rings. The van der Waals surface area contributed by atoms with Crippen LogP contribution in [0.25, 0.3) is 0 Å². The molecule has 4 nitrogen and oxygen atoms in total. The SMILES string of the molecule is N#CC1(C(=O)N2CCCC2)COC1. The monoisotopic (exact) mass is 180 g/mol. The molecule has 0 saturated carbocycles. The van der Waals surface area contributed by atoms with E-state index in [1.807, 2.05) is 0 Å². The minimum atomic E-state index is -0.843. The van der Waals surface area contributed by atoms with Gasteiger partial charge in [0.15, 0.2) is 5.41 Å². The summed E-state index contributed by atoms with van der Waals surface area (Å²) in [6.45, 7) is 2.17. The summed E-state index contributed by atoms with van der Waals surface area (Å²) in [4.78, 5) is 13.6. The Morgan fingerprint density at radius 3 is 2.38 bits per heavy atom. The zero-order chi connectivity index (χ0) is 9.31. The zero-order valence-corrected chi connectivity index (χ0v) is 7.45. The molecule has 0 aromatic carbocycles. The highest BCUT2D eigenvalue weighted by Gasteiger charge is 2.49. The maximum absolute atomic E-state index is 11.8. The van der Waals surface area contributed by atoms with Gasteiger partial charge >= 0.3 is 0 Å². The molecule has 2 aliphatic heterocycles. The molecule has 0 spiro atoms. The van der Waals surface area contributed by atoms with Crippen LogP contribution in [0.5, 0.6) is 0 Å². The number of nitrogens with zero attached hydrogens (tertiary/aromatic N) is 2. The lowest BCUT2D eigenvalue weighted by molar-refractivity contribution is -0.160. The third kappa shape index (κ3) is 1.20. The summed E-state index contributed by atoms with van der Waals surface area (Å²) in [7, 11) is 0. The third-order valence-electron chi connectivity index (χ3n) is 2.71. The number of nitriles is 1. The van der Waals surface area contributed by atoms with Gasteiger partial charge in [0.05, 0.1) is 19.3 Å². The maximum atomic E-state index is 11.8. The lowest BCUT2D eigenvalue weighted by atomic mass is 9.86. The van der Waals surface area contributed by atoms with Crippen LogP contribution in [0.3, 0.4) is 0 Å². The van der Waals surface area contributed by atoms with E-state index in [1.165, 1.54) is 0 Å². The van der Waals surface area contributed by atoms with Gasteiger partial charge in [-0.25, -0.2) is 0 Å². The van der Waals surface area contributed by atoms with Crippen molar-refractivity contribution >= 4 is 5.91 Å². The van der Waals surface area contributed by atoms with E-state index >= 15 is 0 Å². The fourth-order valence-electron chi connectivity index (χ4n) is 1.76. The molecule has 2 aliphatic rings. The summed E-state index contributed by atoms with van der Waals surface area (Å²) in [5.74, 6) is -0.0289. The van der Waals surface area contributed by atoms with E-state index in [0.717, 1.165) is 25.9 Å². The highest BCUT2D eigenvalue weighted by Crippen LogP contribution is 2.30. The summed E-state index contributed by atoms with van der Waals surface area (Å²) in [6.07, 6.45) is 2.13. The second kappa shape index (κ2) is 3.00.